The number of hydrogen-bond donors (Lipinski definition) is 1. The summed E-state index contributed by atoms with van der Waals surface area (Å²) in [4.78, 5) is 25.4. The van der Waals surface area contributed by atoms with Crippen molar-refractivity contribution < 1.29 is 27.5 Å². The minimum atomic E-state index is -3.14. The van der Waals surface area contributed by atoms with Crippen molar-refractivity contribution >= 4 is 27.3 Å². The lowest BCUT2D eigenvalue weighted by atomic mass is 10.2. The molecule has 1 unspecified atom stereocenters. The van der Waals surface area contributed by atoms with Crippen molar-refractivity contribution in [3.05, 3.63) is 18.2 Å². The summed E-state index contributed by atoms with van der Waals surface area (Å²) >= 11 is 0. The Morgan fingerprint density at radius 3 is 2.44 bits per heavy atom. The SMILES string of the molecule is COc1ccc(NC(=O)CN(C(C)=O)C2CCS(=O)(=O)C2)cc1OC. The maximum atomic E-state index is 12.3. The van der Waals surface area contributed by atoms with Gasteiger partial charge in [0, 0.05) is 24.7 Å². The van der Waals surface area contributed by atoms with Crippen LogP contribution in [-0.4, -0.2) is 63.4 Å². The van der Waals surface area contributed by atoms with Crippen molar-refractivity contribution in [1.29, 1.82) is 0 Å². The second-order valence-electron chi connectivity index (χ2n) is 5.82. The van der Waals surface area contributed by atoms with E-state index in [-0.39, 0.29) is 24.0 Å². The zero-order chi connectivity index (χ0) is 18.6. The van der Waals surface area contributed by atoms with Crippen molar-refractivity contribution in [2.75, 3.05) is 37.6 Å². The lowest BCUT2D eigenvalue weighted by Crippen LogP contribution is -2.44. The third-order valence-electron chi connectivity index (χ3n) is 4.03. The van der Waals surface area contributed by atoms with Gasteiger partial charge < -0.3 is 19.7 Å². The average Bonchev–Trinajstić information content (AvgIpc) is 2.91. The van der Waals surface area contributed by atoms with Crippen molar-refractivity contribution in [2.45, 2.75) is 19.4 Å². The van der Waals surface area contributed by atoms with E-state index in [0.717, 1.165) is 0 Å². The Balaban J connectivity index is 2.06. The molecule has 1 aromatic rings. The molecule has 138 valence electrons. The molecule has 1 fully saturated rings. The molecule has 8 nitrogen and oxygen atoms in total. The van der Waals surface area contributed by atoms with Crippen LogP contribution in [-0.2, 0) is 19.4 Å². The summed E-state index contributed by atoms with van der Waals surface area (Å²) in [6.07, 6.45) is 0.353. The first-order chi connectivity index (χ1) is 11.8. The van der Waals surface area contributed by atoms with E-state index in [9.17, 15) is 18.0 Å². The molecule has 1 aliphatic heterocycles. The minimum Gasteiger partial charge on any atom is -0.493 e. The first-order valence-electron chi connectivity index (χ1n) is 7.75. The van der Waals surface area contributed by atoms with Gasteiger partial charge in [-0.25, -0.2) is 8.42 Å². The van der Waals surface area contributed by atoms with Crippen LogP contribution in [0.2, 0.25) is 0 Å². The van der Waals surface area contributed by atoms with E-state index >= 15 is 0 Å². The van der Waals surface area contributed by atoms with Gasteiger partial charge in [0.15, 0.2) is 21.3 Å². The molecule has 0 aromatic heterocycles. The molecule has 9 heteroatoms. The van der Waals surface area contributed by atoms with Crippen molar-refractivity contribution in [2.24, 2.45) is 0 Å². The van der Waals surface area contributed by atoms with E-state index in [1.54, 1.807) is 18.2 Å². The topological polar surface area (TPSA) is 102 Å². The van der Waals surface area contributed by atoms with E-state index in [4.69, 9.17) is 9.47 Å². The van der Waals surface area contributed by atoms with Gasteiger partial charge in [0.1, 0.15) is 6.54 Å². The van der Waals surface area contributed by atoms with Gasteiger partial charge in [-0.2, -0.15) is 0 Å². The number of amides is 2. The van der Waals surface area contributed by atoms with Gasteiger partial charge in [-0.1, -0.05) is 0 Å². The van der Waals surface area contributed by atoms with Crippen LogP contribution in [0.15, 0.2) is 18.2 Å². The molecule has 1 atom stereocenters. The largest absolute Gasteiger partial charge is 0.493 e. The number of nitrogens with one attached hydrogen (secondary N) is 1. The Hall–Kier alpha value is -2.29. The summed E-state index contributed by atoms with van der Waals surface area (Å²) < 4.78 is 33.5. The Morgan fingerprint density at radius 2 is 1.92 bits per heavy atom. The minimum absolute atomic E-state index is 0.0404. The third kappa shape index (κ3) is 4.85. The number of sulfone groups is 1. The third-order valence-corrected chi connectivity index (χ3v) is 5.79. The summed E-state index contributed by atoms with van der Waals surface area (Å²) in [6, 6.07) is 4.45. The molecule has 1 heterocycles. The highest BCUT2D eigenvalue weighted by Gasteiger charge is 2.34. The number of ether oxygens (including phenoxy) is 2. The predicted octanol–water partition coefficient (Wildman–Crippen LogP) is 0.678. The average molecular weight is 370 g/mol. The first-order valence-corrected chi connectivity index (χ1v) is 9.57. The van der Waals surface area contributed by atoms with Crippen molar-refractivity contribution in [3.8, 4) is 11.5 Å². The number of methoxy groups -OCH3 is 2. The van der Waals surface area contributed by atoms with Crippen molar-refractivity contribution in [1.82, 2.24) is 4.90 Å². The molecule has 1 N–H and O–H groups in total. The number of anilines is 1. The molecule has 0 radical (unpaired) electrons. The Kier molecular flexibility index (Phi) is 5.89. The maximum absolute atomic E-state index is 12.3. The van der Waals surface area contributed by atoms with E-state index in [1.807, 2.05) is 0 Å². The lowest BCUT2D eigenvalue weighted by Gasteiger charge is -2.26. The molecule has 2 rings (SSSR count). The number of hydrogen-bond acceptors (Lipinski definition) is 6. The van der Waals surface area contributed by atoms with E-state index in [0.29, 0.717) is 23.6 Å². The van der Waals surface area contributed by atoms with Gasteiger partial charge in [0.05, 0.1) is 25.7 Å². The van der Waals surface area contributed by atoms with Crippen LogP contribution in [0.25, 0.3) is 0 Å². The van der Waals surface area contributed by atoms with E-state index < -0.39 is 21.8 Å². The molecule has 0 saturated carbocycles. The van der Waals surface area contributed by atoms with Gasteiger partial charge in [-0.15, -0.1) is 0 Å². The molecule has 0 aliphatic carbocycles. The summed E-state index contributed by atoms with van der Waals surface area (Å²) in [6.45, 7) is 1.12. The van der Waals surface area contributed by atoms with Crippen LogP contribution in [0.5, 0.6) is 11.5 Å². The monoisotopic (exact) mass is 370 g/mol. The second-order valence-corrected chi connectivity index (χ2v) is 8.05. The molecule has 1 aliphatic rings. The molecule has 1 saturated heterocycles. The predicted molar refractivity (Wildman–Crippen MR) is 92.6 cm³/mol. The van der Waals surface area contributed by atoms with E-state index in [2.05, 4.69) is 5.32 Å². The Morgan fingerprint density at radius 1 is 1.24 bits per heavy atom. The summed E-state index contributed by atoms with van der Waals surface area (Å²) in [7, 11) is -0.143. The van der Waals surface area contributed by atoms with Gasteiger partial charge >= 0.3 is 0 Å². The first kappa shape index (κ1) is 19.0. The van der Waals surface area contributed by atoms with Gasteiger partial charge in [-0.3, -0.25) is 9.59 Å². The van der Waals surface area contributed by atoms with Gasteiger partial charge in [0.25, 0.3) is 0 Å². The number of benzene rings is 1. The standard InChI is InChI=1S/C16H22N2O6S/c1-11(19)18(13-6-7-25(21,22)10-13)9-16(20)17-12-4-5-14(23-2)15(8-12)24-3/h4-5,8,13H,6-7,9-10H2,1-3H3,(H,17,20). The highest BCUT2D eigenvalue weighted by Crippen LogP contribution is 2.29. The summed E-state index contributed by atoms with van der Waals surface area (Å²) in [5.41, 5.74) is 0.491. The normalized spacial score (nSPS) is 18.4. The van der Waals surface area contributed by atoms with E-state index in [1.165, 1.54) is 26.0 Å². The highest BCUT2D eigenvalue weighted by molar-refractivity contribution is 7.91. The zero-order valence-electron chi connectivity index (χ0n) is 14.4. The summed E-state index contributed by atoms with van der Waals surface area (Å²) in [5, 5.41) is 2.68. The molecule has 2 amide bonds. The quantitative estimate of drug-likeness (QED) is 0.790. The molecule has 25 heavy (non-hydrogen) atoms. The number of carbonyl (C=O) groups excluding carboxylic acids is 2. The fourth-order valence-electron chi connectivity index (χ4n) is 2.79. The molecular weight excluding hydrogens is 348 g/mol. The second kappa shape index (κ2) is 7.73. The molecule has 0 spiro atoms. The lowest BCUT2D eigenvalue weighted by molar-refractivity contribution is -0.134. The Labute approximate surface area is 147 Å². The maximum Gasteiger partial charge on any atom is 0.244 e. The van der Waals surface area contributed by atoms with Crippen LogP contribution in [0, 0.1) is 0 Å². The van der Waals surface area contributed by atoms with Crippen LogP contribution >= 0.6 is 0 Å². The molecule has 0 bridgehead atoms. The van der Waals surface area contributed by atoms with Crippen molar-refractivity contribution in [3.63, 3.8) is 0 Å². The van der Waals surface area contributed by atoms with Crippen LogP contribution < -0.4 is 14.8 Å². The van der Waals surface area contributed by atoms with Crippen LogP contribution in [0.1, 0.15) is 13.3 Å². The van der Waals surface area contributed by atoms with Crippen LogP contribution in [0.3, 0.4) is 0 Å². The highest BCUT2D eigenvalue weighted by atomic mass is 32.2. The molecule has 1 aromatic carbocycles. The zero-order valence-corrected chi connectivity index (χ0v) is 15.3. The fourth-order valence-corrected chi connectivity index (χ4v) is 4.52. The van der Waals surface area contributed by atoms with Gasteiger partial charge in [-0.05, 0) is 18.6 Å². The number of rotatable bonds is 6. The molecular formula is C16H22N2O6S. The number of nitrogens with zero attached hydrogens (tertiary/aromatic N) is 1. The van der Waals surface area contributed by atoms with Crippen LogP contribution in [0.4, 0.5) is 5.69 Å². The summed E-state index contributed by atoms with van der Waals surface area (Å²) in [5.74, 6) is 0.193. The fraction of sp³-hybridized carbons (Fsp3) is 0.500. The van der Waals surface area contributed by atoms with Gasteiger partial charge in [0.2, 0.25) is 11.8 Å². The smallest absolute Gasteiger partial charge is 0.244 e. The Bertz CT molecular complexity index is 762. The number of carbonyl (C=O) groups is 2.